The van der Waals surface area contributed by atoms with Crippen LogP contribution in [-0.4, -0.2) is 32.1 Å². The number of hydrogen-bond acceptors (Lipinski definition) is 6. The summed E-state index contributed by atoms with van der Waals surface area (Å²) >= 11 is 4.65. The molecule has 3 N–H and O–H groups in total. The fourth-order valence-corrected chi connectivity index (χ4v) is 3.66. The first-order valence-electron chi connectivity index (χ1n) is 7.75. The summed E-state index contributed by atoms with van der Waals surface area (Å²) in [5, 5.41) is 20.7. The number of nitrogens with one attached hydrogen (secondary N) is 1. The minimum Gasteiger partial charge on any atom is -0.337 e. The number of halogens is 1. The van der Waals surface area contributed by atoms with Crippen LogP contribution in [0.4, 0.5) is 0 Å². The molecular formula is C16H17BrN6OS. The highest BCUT2D eigenvalue weighted by atomic mass is 79.9. The Hall–Kier alpha value is -2.05. The summed E-state index contributed by atoms with van der Waals surface area (Å²) in [7, 11) is 0. The Balaban J connectivity index is 1.66. The van der Waals surface area contributed by atoms with E-state index in [0.29, 0.717) is 11.0 Å². The molecule has 2 aromatic rings. The molecule has 1 aliphatic rings. The highest BCUT2D eigenvalue weighted by Gasteiger charge is 2.42. The molecule has 0 bridgehead atoms. The maximum Gasteiger partial charge on any atom is 0.231 e. The van der Waals surface area contributed by atoms with Gasteiger partial charge in [0.05, 0.1) is 11.8 Å². The van der Waals surface area contributed by atoms with Crippen molar-refractivity contribution in [2.75, 3.05) is 11.6 Å². The van der Waals surface area contributed by atoms with Gasteiger partial charge in [0.1, 0.15) is 5.54 Å². The molecule has 0 spiro atoms. The van der Waals surface area contributed by atoms with Crippen LogP contribution in [0.15, 0.2) is 33.9 Å². The van der Waals surface area contributed by atoms with E-state index < -0.39 is 5.54 Å². The number of carbonyl (C=O) groups excluding carboxylic acids is 1. The van der Waals surface area contributed by atoms with Gasteiger partial charge in [-0.25, -0.2) is 4.68 Å². The molecule has 130 valence electrons. The molecule has 1 saturated carbocycles. The predicted octanol–water partition coefficient (Wildman–Crippen LogP) is 2.32. The Morgan fingerprint density at radius 1 is 1.52 bits per heavy atom. The van der Waals surface area contributed by atoms with E-state index in [2.05, 4.69) is 37.5 Å². The van der Waals surface area contributed by atoms with Crippen LogP contribution in [0.25, 0.3) is 11.4 Å². The van der Waals surface area contributed by atoms with Gasteiger partial charge in [-0.05, 0) is 37.8 Å². The number of aromatic nitrogens is 3. The third kappa shape index (κ3) is 3.80. The van der Waals surface area contributed by atoms with Crippen molar-refractivity contribution in [3.8, 4) is 17.5 Å². The predicted molar refractivity (Wildman–Crippen MR) is 98.9 cm³/mol. The molecule has 7 nitrogen and oxygen atoms in total. The number of thioether (sulfide) groups is 1. The number of nitrogens with zero attached hydrogens (tertiary/aromatic N) is 4. The van der Waals surface area contributed by atoms with Crippen LogP contribution in [0, 0.1) is 17.2 Å². The van der Waals surface area contributed by atoms with Gasteiger partial charge in [0, 0.05) is 10.0 Å². The molecule has 3 rings (SSSR count). The monoisotopic (exact) mass is 420 g/mol. The van der Waals surface area contributed by atoms with Crippen molar-refractivity contribution in [1.82, 2.24) is 20.2 Å². The van der Waals surface area contributed by atoms with Crippen LogP contribution in [0.1, 0.15) is 19.8 Å². The molecule has 0 aliphatic heterocycles. The van der Waals surface area contributed by atoms with Gasteiger partial charge in [-0.3, -0.25) is 4.79 Å². The van der Waals surface area contributed by atoms with Gasteiger partial charge >= 0.3 is 0 Å². The van der Waals surface area contributed by atoms with E-state index in [4.69, 9.17) is 5.84 Å². The van der Waals surface area contributed by atoms with Crippen molar-refractivity contribution in [3.05, 3.63) is 28.7 Å². The van der Waals surface area contributed by atoms with Gasteiger partial charge in [0.15, 0.2) is 5.82 Å². The number of nitriles is 1. The molecule has 1 heterocycles. The maximum atomic E-state index is 12.2. The van der Waals surface area contributed by atoms with Crippen LogP contribution < -0.4 is 11.2 Å². The quantitative estimate of drug-likeness (QED) is 0.547. The van der Waals surface area contributed by atoms with Crippen molar-refractivity contribution in [2.24, 2.45) is 5.92 Å². The third-order valence-electron chi connectivity index (χ3n) is 4.14. The molecule has 1 aromatic heterocycles. The topological polar surface area (TPSA) is 110 Å². The Morgan fingerprint density at radius 3 is 2.88 bits per heavy atom. The van der Waals surface area contributed by atoms with Crippen molar-refractivity contribution in [3.63, 3.8) is 0 Å². The Kier molecular flexibility index (Phi) is 5.01. The van der Waals surface area contributed by atoms with Crippen molar-refractivity contribution < 1.29 is 4.79 Å². The number of benzene rings is 1. The van der Waals surface area contributed by atoms with Gasteiger partial charge in [-0.2, -0.15) is 5.26 Å². The molecule has 1 atom stereocenters. The van der Waals surface area contributed by atoms with E-state index in [0.717, 1.165) is 22.9 Å². The summed E-state index contributed by atoms with van der Waals surface area (Å²) in [4.78, 5) is 12.2. The van der Waals surface area contributed by atoms with E-state index in [-0.39, 0.29) is 17.6 Å². The molecule has 1 unspecified atom stereocenters. The van der Waals surface area contributed by atoms with E-state index in [1.54, 1.807) is 6.92 Å². The molecule has 1 aromatic carbocycles. The Bertz CT molecular complexity index is 843. The first-order valence-corrected chi connectivity index (χ1v) is 9.53. The lowest BCUT2D eigenvalue weighted by atomic mass is 9.98. The molecule has 25 heavy (non-hydrogen) atoms. The summed E-state index contributed by atoms with van der Waals surface area (Å²) in [6, 6.07) is 9.77. The number of rotatable bonds is 6. The largest absolute Gasteiger partial charge is 0.337 e. The van der Waals surface area contributed by atoms with Crippen LogP contribution >= 0.6 is 27.7 Å². The second-order valence-electron chi connectivity index (χ2n) is 6.08. The van der Waals surface area contributed by atoms with Gasteiger partial charge in [0.25, 0.3) is 0 Å². The number of hydrogen-bond donors (Lipinski definition) is 2. The van der Waals surface area contributed by atoms with Crippen LogP contribution in [0.5, 0.6) is 0 Å². The lowest BCUT2D eigenvalue weighted by Crippen LogP contribution is -2.47. The fraction of sp³-hybridized carbons (Fsp3) is 0.375. The lowest BCUT2D eigenvalue weighted by Gasteiger charge is -2.22. The van der Waals surface area contributed by atoms with E-state index in [1.165, 1.54) is 16.4 Å². The molecule has 1 fully saturated rings. The van der Waals surface area contributed by atoms with Gasteiger partial charge in [0.2, 0.25) is 11.1 Å². The minimum atomic E-state index is -0.798. The van der Waals surface area contributed by atoms with Crippen molar-refractivity contribution in [2.45, 2.75) is 30.5 Å². The minimum absolute atomic E-state index is 0.120. The normalized spacial score (nSPS) is 16.0. The number of amides is 1. The summed E-state index contributed by atoms with van der Waals surface area (Å²) in [6.07, 6.45) is 1.95. The smallest absolute Gasteiger partial charge is 0.231 e. The summed E-state index contributed by atoms with van der Waals surface area (Å²) in [5.41, 5.74) is 0.0215. The summed E-state index contributed by atoms with van der Waals surface area (Å²) in [6.45, 7) is 1.77. The summed E-state index contributed by atoms with van der Waals surface area (Å²) < 4.78 is 2.22. The average molecular weight is 421 g/mol. The fourth-order valence-electron chi connectivity index (χ4n) is 2.54. The van der Waals surface area contributed by atoms with Crippen LogP contribution in [0.2, 0.25) is 0 Å². The molecule has 0 saturated heterocycles. The van der Waals surface area contributed by atoms with Crippen molar-refractivity contribution >= 4 is 33.6 Å². The second-order valence-corrected chi connectivity index (χ2v) is 7.88. The average Bonchev–Trinajstić information content (AvgIpc) is 3.39. The zero-order valence-corrected chi connectivity index (χ0v) is 16.0. The van der Waals surface area contributed by atoms with Gasteiger partial charge < -0.3 is 11.2 Å². The van der Waals surface area contributed by atoms with Crippen molar-refractivity contribution in [1.29, 1.82) is 5.26 Å². The summed E-state index contributed by atoms with van der Waals surface area (Å²) in [5.74, 6) is 6.72. The first kappa shape index (κ1) is 17.8. The third-order valence-corrected chi connectivity index (χ3v) is 5.77. The molecule has 9 heteroatoms. The number of nitrogens with two attached hydrogens (primary N) is 1. The Morgan fingerprint density at radius 2 is 2.24 bits per heavy atom. The molecule has 0 radical (unpaired) electrons. The van der Waals surface area contributed by atoms with Crippen LogP contribution in [-0.2, 0) is 4.79 Å². The van der Waals surface area contributed by atoms with E-state index >= 15 is 0 Å². The molecule has 1 aliphatic carbocycles. The highest BCUT2D eigenvalue weighted by molar-refractivity contribution is 9.10. The van der Waals surface area contributed by atoms with E-state index in [1.807, 2.05) is 24.3 Å². The zero-order chi connectivity index (χ0) is 18.0. The molecule has 1 amide bonds. The SMILES string of the molecule is CC(C#N)(NC(=O)CSc1nnc(-c2ccccc2Br)n1N)C1CC1. The maximum absolute atomic E-state index is 12.2. The first-order chi connectivity index (χ1) is 11.9. The van der Waals surface area contributed by atoms with E-state index in [9.17, 15) is 10.1 Å². The molecular weight excluding hydrogens is 404 g/mol. The van der Waals surface area contributed by atoms with Gasteiger partial charge in [-0.15, -0.1) is 10.2 Å². The lowest BCUT2D eigenvalue weighted by molar-refractivity contribution is -0.119. The van der Waals surface area contributed by atoms with Gasteiger partial charge in [-0.1, -0.05) is 39.8 Å². The second kappa shape index (κ2) is 7.06. The number of nitrogen functional groups attached to an aromatic ring is 1. The number of carbonyl (C=O) groups is 1. The van der Waals surface area contributed by atoms with Crippen LogP contribution in [0.3, 0.4) is 0 Å². The highest BCUT2D eigenvalue weighted by Crippen LogP contribution is 2.39. The Labute approximate surface area is 158 Å². The zero-order valence-electron chi connectivity index (χ0n) is 13.6. The standard InChI is InChI=1S/C16H17BrN6OS/c1-16(9-18,10-6-7-10)20-13(24)8-25-15-22-21-14(23(15)19)11-4-2-3-5-12(11)17/h2-5,10H,6-8,19H2,1H3,(H,20,24).